The average Bonchev–Trinajstić information content (AvgIpc) is 3.01. The smallest absolute Gasteiger partial charge is 0.261 e. The van der Waals surface area contributed by atoms with E-state index in [1.54, 1.807) is 22.4 Å². The third kappa shape index (κ3) is 2.64. The van der Waals surface area contributed by atoms with Crippen LogP contribution in [0.2, 0.25) is 0 Å². The van der Waals surface area contributed by atoms with Crippen molar-refractivity contribution in [2.45, 2.75) is 0 Å². The number of phenols is 2. The summed E-state index contributed by atoms with van der Waals surface area (Å²) in [7, 11) is 0. The maximum Gasteiger partial charge on any atom is 0.261 e. The van der Waals surface area contributed by atoms with Crippen molar-refractivity contribution in [1.82, 2.24) is 9.88 Å². The summed E-state index contributed by atoms with van der Waals surface area (Å²) in [4.78, 5) is 20.4. The lowest BCUT2D eigenvalue weighted by Crippen LogP contribution is -2.48. The van der Waals surface area contributed by atoms with Crippen LogP contribution in [-0.2, 0) is 0 Å². The molecule has 0 bridgehead atoms. The number of rotatable bonds is 2. The van der Waals surface area contributed by atoms with E-state index in [0.717, 1.165) is 5.13 Å². The van der Waals surface area contributed by atoms with Crippen molar-refractivity contribution >= 4 is 22.4 Å². The summed E-state index contributed by atoms with van der Waals surface area (Å²) < 4.78 is 0. The first kappa shape index (κ1) is 13.7. The number of piperazine rings is 1. The summed E-state index contributed by atoms with van der Waals surface area (Å²) in [5.74, 6) is -0.728. The first-order chi connectivity index (χ1) is 10.2. The van der Waals surface area contributed by atoms with Crippen LogP contribution in [0.25, 0.3) is 0 Å². The van der Waals surface area contributed by atoms with Crippen LogP contribution in [0.5, 0.6) is 11.5 Å². The van der Waals surface area contributed by atoms with E-state index in [0.29, 0.717) is 26.2 Å². The van der Waals surface area contributed by atoms with Gasteiger partial charge in [0.1, 0.15) is 17.1 Å². The van der Waals surface area contributed by atoms with Gasteiger partial charge in [-0.2, -0.15) is 0 Å². The molecule has 0 unspecified atom stereocenters. The molecule has 1 aromatic carbocycles. The minimum absolute atomic E-state index is 0.0276. The lowest BCUT2D eigenvalue weighted by atomic mass is 10.1. The molecule has 0 spiro atoms. The molecular weight excluding hydrogens is 290 g/mol. The minimum Gasteiger partial charge on any atom is -0.507 e. The fraction of sp³-hybridized carbons (Fsp3) is 0.286. The minimum atomic E-state index is -0.343. The molecule has 110 valence electrons. The largest absolute Gasteiger partial charge is 0.507 e. The van der Waals surface area contributed by atoms with Gasteiger partial charge in [-0.25, -0.2) is 4.98 Å². The van der Waals surface area contributed by atoms with Gasteiger partial charge in [0.15, 0.2) is 5.13 Å². The number of aromatic nitrogens is 1. The number of hydrogen-bond acceptors (Lipinski definition) is 6. The predicted octanol–water partition coefficient (Wildman–Crippen LogP) is 1.52. The zero-order valence-electron chi connectivity index (χ0n) is 11.3. The van der Waals surface area contributed by atoms with Gasteiger partial charge in [0.25, 0.3) is 5.91 Å². The van der Waals surface area contributed by atoms with Crippen molar-refractivity contribution in [3.05, 3.63) is 35.3 Å². The number of hydrogen-bond donors (Lipinski definition) is 2. The van der Waals surface area contributed by atoms with E-state index in [9.17, 15) is 15.0 Å². The summed E-state index contributed by atoms with van der Waals surface area (Å²) in [6, 6.07) is 4.30. The quantitative estimate of drug-likeness (QED) is 0.879. The Labute approximate surface area is 125 Å². The number of carbonyl (C=O) groups excluding carboxylic acids is 1. The van der Waals surface area contributed by atoms with Gasteiger partial charge in [0.2, 0.25) is 0 Å². The molecule has 2 aromatic rings. The van der Waals surface area contributed by atoms with Gasteiger partial charge in [-0.15, -0.1) is 11.3 Å². The van der Waals surface area contributed by atoms with Gasteiger partial charge in [0.05, 0.1) is 0 Å². The number of nitrogens with zero attached hydrogens (tertiary/aromatic N) is 3. The Morgan fingerprint density at radius 2 is 1.81 bits per heavy atom. The van der Waals surface area contributed by atoms with Gasteiger partial charge in [-0.1, -0.05) is 6.07 Å². The molecule has 7 heteroatoms. The van der Waals surface area contributed by atoms with Crippen LogP contribution >= 0.6 is 11.3 Å². The Morgan fingerprint density at radius 3 is 2.38 bits per heavy atom. The Bertz CT molecular complexity index is 617. The molecular formula is C14H15N3O3S. The van der Waals surface area contributed by atoms with Gasteiger partial charge in [0, 0.05) is 37.8 Å². The first-order valence-corrected chi connectivity index (χ1v) is 7.49. The maximum atomic E-state index is 12.4. The van der Waals surface area contributed by atoms with Crippen LogP contribution in [0.4, 0.5) is 5.13 Å². The van der Waals surface area contributed by atoms with E-state index < -0.39 is 0 Å². The normalized spacial score (nSPS) is 15.2. The molecule has 1 amide bonds. The van der Waals surface area contributed by atoms with Gasteiger partial charge >= 0.3 is 0 Å². The molecule has 1 saturated heterocycles. The van der Waals surface area contributed by atoms with Gasteiger partial charge in [-0.05, 0) is 12.1 Å². The molecule has 3 rings (SSSR count). The predicted molar refractivity (Wildman–Crippen MR) is 80.0 cm³/mol. The molecule has 1 aliphatic rings. The van der Waals surface area contributed by atoms with Crippen LogP contribution < -0.4 is 4.90 Å². The van der Waals surface area contributed by atoms with Gasteiger partial charge in [-0.3, -0.25) is 4.79 Å². The monoisotopic (exact) mass is 305 g/mol. The fourth-order valence-electron chi connectivity index (χ4n) is 2.38. The molecule has 0 saturated carbocycles. The second-order valence-corrected chi connectivity index (χ2v) is 5.64. The Kier molecular flexibility index (Phi) is 3.66. The third-order valence-electron chi connectivity index (χ3n) is 3.49. The second-order valence-electron chi connectivity index (χ2n) is 4.77. The molecule has 21 heavy (non-hydrogen) atoms. The van der Waals surface area contributed by atoms with Crippen molar-refractivity contribution in [3.8, 4) is 11.5 Å². The summed E-state index contributed by atoms with van der Waals surface area (Å²) in [5, 5.41) is 22.4. The van der Waals surface area contributed by atoms with E-state index in [4.69, 9.17) is 0 Å². The highest BCUT2D eigenvalue weighted by atomic mass is 32.1. The first-order valence-electron chi connectivity index (χ1n) is 6.61. The highest BCUT2D eigenvalue weighted by Crippen LogP contribution is 2.28. The number of aromatic hydroxyl groups is 2. The topological polar surface area (TPSA) is 76.9 Å². The molecule has 1 aliphatic heterocycles. The lowest BCUT2D eigenvalue weighted by Gasteiger charge is -2.34. The third-order valence-corrected chi connectivity index (χ3v) is 4.32. The van der Waals surface area contributed by atoms with Gasteiger partial charge < -0.3 is 20.0 Å². The summed E-state index contributed by atoms with van der Waals surface area (Å²) >= 11 is 1.57. The number of amides is 1. The number of carbonyl (C=O) groups is 1. The number of thiazole rings is 1. The number of benzene rings is 1. The zero-order chi connectivity index (χ0) is 14.8. The number of anilines is 1. The van der Waals surface area contributed by atoms with E-state index in [1.807, 2.05) is 5.38 Å². The Balaban J connectivity index is 1.71. The highest BCUT2D eigenvalue weighted by Gasteiger charge is 2.26. The van der Waals surface area contributed by atoms with Crippen LogP contribution in [0, 0.1) is 0 Å². The molecule has 0 aliphatic carbocycles. The summed E-state index contributed by atoms with van der Waals surface area (Å²) in [5.41, 5.74) is -0.0276. The summed E-state index contributed by atoms with van der Waals surface area (Å²) in [6.45, 7) is 2.44. The van der Waals surface area contributed by atoms with Crippen LogP contribution in [0.15, 0.2) is 29.8 Å². The van der Waals surface area contributed by atoms with Crippen molar-refractivity contribution < 1.29 is 15.0 Å². The molecule has 0 atom stereocenters. The Hall–Kier alpha value is -2.28. The molecule has 6 nitrogen and oxygen atoms in total. The molecule has 2 heterocycles. The van der Waals surface area contributed by atoms with Crippen LogP contribution in [0.3, 0.4) is 0 Å². The Morgan fingerprint density at radius 1 is 1.14 bits per heavy atom. The van der Waals surface area contributed by atoms with E-state index in [2.05, 4.69) is 9.88 Å². The molecule has 1 aromatic heterocycles. The molecule has 1 fully saturated rings. The fourth-order valence-corrected chi connectivity index (χ4v) is 3.08. The van der Waals surface area contributed by atoms with Crippen LogP contribution in [-0.4, -0.2) is 52.2 Å². The summed E-state index contributed by atoms with van der Waals surface area (Å²) in [6.07, 6.45) is 1.76. The SMILES string of the molecule is O=C(c1c(O)cccc1O)N1CCN(c2nccs2)CC1. The number of phenolic OH excluding ortho intramolecular Hbond substituents is 2. The van der Waals surface area contributed by atoms with E-state index in [-0.39, 0.29) is 23.0 Å². The van der Waals surface area contributed by atoms with Crippen molar-refractivity contribution in [2.24, 2.45) is 0 Å². The standard InChI is InChI=1S/C14H15N3O3S/c18-10-2-1-3-11(19)12(10)13(20)16-5-7-17(8-6-16)14-15-4-9-21-14/h1-4,9,18-19H,5-8H2. The highest BCUT2D eigenvalue weighted by molar-refractivity contribution is 7.13. The average molecular weight is 305 g/mol. The maximum absolute atomic E-state index is 12.4. The molecule has 0 radical (unpaired) electrons. The van der Waals surface area contributed by atoms with E-state index >= 15 is 0 Å². The van der Waals surface area contributed by atoms with E-state index in [1.165, 1.54) is 18.2 Å². The zero-order valence-corrected chi connectivity index (χ0v) is 12.1. The lowest BCUT2D eigenvalue weighted by molar-refractivity contribution is 0.0740. The van der Waals surface area contributed by atoms with Crippen LogP contribution in [0.1, 0.15) is 10.4 Å². The van der Waals surface area contributed by atoms with Crippen molar-refractivity contribution in [1.29, 1.82) is 0 Å². The van der Waals surface area contributed by atoms with Crippen molar-refractivity contribution in [3.63, 3.8) is 0 Å². The molecule has 2 N–H and O–H groups in total. The van der Waals surface area contributed by atoms with Crippen molar-refractivity contribution in [2.75, 3.05) is 31.1 Å². The second kappa shape index (κ2) is 5.61.